The summed E-state index contributed by atoms with van der Waals surface area (Å²) >= 11 is 0. The number of sulfonamides is 1. The first-order valence-corrected chi connectivity index (χ1v) is 13.2. The van der Waals surface area contributed by atoms with E-state index in [1.54, 1.807) is 17.0 Å². The normalized spacial score (nSPS) is 19.0. The summed E-state index contributed by atoms with van der Waals surface area (Å²) < 4.78 is 27.8. The molecule has 8 nitrogen and oxygen atoms in total. The van der Waals surface area contributed by atoms with Gasteiger partial charge in [0.25, 0.3) is 11.8 Å². The van der Waals surface area contributed by atoms with Gasteiger partial charge in [-0.1, -0.05) is 18.6 Å². The fourth-order valence-electron chi connectivity index (χ4n) is 4.56. The minimum Gasteiger partial charge on any atom is -0.330 e. The Morgan fingerprint density at radius 3 is 2.67 bits per heavy atom. The van der Waals surface area contributed by atoms with E-state index in [0.29, 0.717) is 29.8 Å². The summed E-state index contributed by atoms with van der Waals surface area (Å²) in [6, 6.07) is 6.90. The molecular formula is C24H30N4O4S. The van der Waals surface area contributed by atoms with Crippen molar-refractivity contribution in [2.45, 2.75) is 58.9 Å². The highest BCUT2D eigenvalue weighted by atomic mass is 32.2. The van der Waals surface area contributed by atoms with Gasteiger partial charge < -0.3 is 4.90 Å². The molecule has 0 spiro atoms. The summed E-state index contributed by atoms with van der Waals surface area (Å²) in [7, 11) is -3.55. The van der Waals surface area contributed by atoms with Gasteiger partial charge in [-0.3, -0.25) is 14.3 Å². The van der Waals surface area contributed by atoms with E-state index in [0.717, 1.165) is 48.8 Å². The number of hydrogen-bond acceptors (Lipinski definition) is 5. The monoisotopic (exact) mass is 470 g/mol. The Kier molecular flexibility index (Phi) is 6.18. The molecule has 3 heterocycles. The predicted octanol–water partition coefficient (Wildman–Crippen LogP) is 3.72. The van der Waals surface area contributed by atoms with Crippen LogP contribution in [0.15, 0.2) is 35.4 Å². The molecule has 0 saturated carbocycles. The maximum Gasteiger partial charge on any atom is 0.274 e. The third-order valence-electron chi connectivity index (χ3n) is 6.52. The fraction of sp³-hybridized carbons (Fsp3) is 0.458. The zero-order valence-corrected chi connectivity index (χ0v) is 20.3. The minimum absolute atomic E-state index is 0.121. The largest absolute Gasteiger partial charge is 0.330 e. The summed E-state index contributed by atoms with van der Waals surface area (Å²) in [5.74, 6) is -0.354. The Morgan fingerprint density at radius 1 is 1.21 bits per heavy atom. The molecule has 1 N–H and O–H groups in total. The van der Waals surface area contributed by atoms with Crippen LogP contribution in [0.5, 0.6) is 0 Å². The Hall–Kier alpha value is -2.94. The van der Waals surface area contributed by atoms with E-state index in [9.17, 15) is 18.0 Å². The average molecular weight is 471 g/mol. The first kappa shape index (κ1) is 23.2. The fourth-order valence-corrected chi connectivity index (χ4v) is 5.14. The van der Waals surface area contributed by atoms with E-state index in [1.165, 1.54) is 4.68 Å². The number of nitrogens with zero attached hydrogens (tertiary/aromatic N) is 3. The molecular weight excluding hydrogens is 440 g/mol. The van der Waals surface area contributed by atoms with Gasteiger partial charge in [0.05, 0.1) is 34.9 Å². The topological polar surface area (TPSA) is 101 Å². The van der Waals surface area contributed by atoms with E-state index in [4.69, 9.17) is 0 Å². The Bertz CT molecular complexity index is 1260. The molecule has 9 heteroatoms. The summed E-state index contributed by atoms with van der Waals surface area (Å²) in [4.78, 5) is 28.2. The van der Waals surface area contributed by atoms with Crippen molar-refractivity contribution < 1.29 is 18.0 Å². The number of likely N-dealkylation sites (tertiary alicyclic amines) is 1. The number of amides is 1. The molecule has 4 rings (SSSR count). The molecule has 0 radical (unpaired) electrons. The van der Waals surface area contributed by atoms with Crippen LogP contribution in [0.1, 0.15) is 78.2 Å². The van der Waals surface area contributed by atoms with E-state index in [-0.39, 0.29) is 23.5 Å². The van der Waals surface area contributed by atoms with Gasteiger partial charge in [0, 0.05) is 18.5 Å². The SMILES string of the molecule is CCc1ccc(NS(C)(=O)=O)c(C(=O)N2CCCC[C@H]2c2cc3n(n2)C(=O)C(C)=C(C)C3)c1. The highest BCUT2D eigenvalue weighted by Gasteiger charge is 2.34. The van der Waals surface area contributed by atoms with Crippen LogP contribution >= 0.6 is 0 Å². The molecule has 2 aliphatic rings. The molecule has 1 aromatic heterocycles. The lowest BCUT2D eigenvalue weighted by molar-refractivity contribution is 0.0606. The van der Waals surface area contributed by atoms with Crippen molar-refractivity contribution in [1.82, 2.24) is 14.7 Å². The number of piperidine rings is 1. The van der Waals surface area contributed by atoms with Gasteiger partial charge in [0.1, 0.15) is 0 Å². The number of anilines is 1. The number of fused-ring (bicyclic) bond motifs is 1. The lowest BCUT2D eigenvalue weighted by Gasteiger charge is -2.35. The molecule has 2 aromatic rings. The van der Waals surface area contributed by atoms with Crippen molar-refractivity contribution in [3.63, 3.8) is 0 Å². The van der Waals surface area contributed by atoms with Crippen LogP contribution in [0.2, 0.25) is 0 Å². The molecule has 0 aliphatic carbocycles. The number of benzene rings is 1. The summed E-state index contributed by atoms with van der Waals surface area (Å²) in [6.45, 7) is 6.30. The van der Waals surface area contributed by atoms with E-state index in [2.05, 4.69) is 9.82 Å². The number of rotatable bonds is 5. The number of carbonyl (C=O) groups is 2. The highest BCUT2D eigenvalue weighted by Crippen LogP contribution is 2.34. The highest BCUT2D eigenvalue weighted by molar-refractivity contribution is 7.92. The summed E-state index contributed by atoms with van der Waals surface area (Å²) in [5.41, 5.74) is 4.84. The van der Waals surface area contributed by atoms with Crippen LogP contribution in [0, 0.1) is 0 Å². The lowest BCUT2D eigenvalue weighted by atomic mass is 9.96. The van der Waals surface area contributed by atoms with Crippen molar-refractivity contribution in [1.29, 1.82) is 0 Å². The van der Waals surface area contributed by atoms with Crippen LogP contribution in [0.25, 0.3) is 0 Å². The Labute approximate surface area is 194 Å². The zero-order chi connectivity index (χ0) is 23.9. The number of nitrogens with one attached hydrogen (secondary N) is 1. The Balaban J connectivity index is 1.71. The van der Waals surface area contributed by atoms with Gasteiger partial charge in [-0.25, -0.2) is 13.1 Å². The average Bonchev–Trinajstić information content (AvgIpc) is 3.20. The van der Waals surface area contributed by atoms with Gasteiger partial charge in [-0.2, -0.15) is 5.10 Å². The van der Waals surface area contributed by atoms with Gasteiger partial charge in [0.15, 0.2) is 0 Å². The minimum atomic E-state index is -3.55. The number of aryl methyl sites for hydroxylation is 1. The second-order valence-corrected chi connectivity index (χ2v) is 10.7. The summed E-state index contributed by atoms with van der Waals surface area (Å²) in [6.07, 6.45) is 5.01. The van der Waals surface area contributed by atoms with Crippen LogP contribution in [-0.2, 0) is 22.9 Å². The zero-order valence-electron chi connectivity index (χ0n) is 19.5. The van der Waals surface area contributed by atoms with Gasteiger partial charge in [-0.05, 0) is 63.3 Å². The third kappa shape index (κ3) is 4.59. The maximum absolute atomic E-state index is 13.8. The van der Waals surface area contributed by atoms with Crippen molar-refractivity contribution in [3.8, 4) is 0 Å². The smallest absolute Gasteiger partial charge is 0.274 e. The first-order valence-electron chi connectivity index (χ1n) is 11.3. The molecule has 1 amide bonds. The lowest BCUT2D eigenvalue weighted by Crippen LogP contribution is -2.39. The number of aromatic nitrogens is 2. The number of hydrogen-bond donors (Lipinski definition) is 1. The van der Waals surface area contributed by atoms with Crippen LogP contribution in [0.4, 0.5) is 5.69 Å². The second-order valence-electron chi connectivity index (χ2n) is 8.98. The van der Waals surface area contributed by atoms with Crippen LogP contribution in [0.3, 0.4) is 0 Å². The van der Waals surface area contributed by atoms with Gasteiger partial charge >= 0.3 is 0 Å². The standard InChI is InChI=1S/C24H30N4O4S/c1-5-17-9-10-20(26-33(4,31)32)19(13-17)24(30)27-11-7-6-8-22(27)21-14-18-12-15(2)16(3)23(29)28(18)25-21/h9-10,13-14,22,26H,5-8,11-12H2,1-4H3/t22-/m0/s1. The molecule has 1 atom stereocenters. The second kappa shape index (κ2) is 8.78. The maximum atomic E-state index is 13.8. The van der Waals surface area contributed by atoms with E-state index >= 15 is 0 Å². The van der Waals surface area contributed by atoms with Gasteiger partial charge in [-0.15, -0.1) is 0 Å². The molecule has 1 aromatic carbocycles. The van der Waals surface area contributed by atoms with Crippen molar-refractivity contribution in [2.75, 3.05) is 17.5 Å². The molecule has 2 aliphatic heterocycles. The quantitative estimate of drug-likeness (QED) is 0.718. The number of carbonyl (C=O) groups excluding carboxylic acids is 2. The Morgan fingerprint density at radius 2 is 1.97 bits per heavy atom. The molecule has 1 saturated heterocycles. The van der Waals surface area contributed by atoms with Crippen molar-refractivity contribution in [3.05, 3.63) is 57.9 Å². The van der Waals surface area contributed by atoms with Gasteiger partial charge in [0.2, 0.25) is 10.0 Å². The number of allylic oxidation sites excluding steroid dienone is 2. The van der Waals surface area contributed by atoms with E-state index in [1.807, 2.05) is 32.9 Å². The van der Waals surface area contributed by atoms with Crippen molar-refractivity contribution in [2.24, 2.45) is 0 Å². The van der Waals surface area contributed by atoms with E-state index < -0.39 is 10.0 Å². The third-order valence-corrected chi connectivity index (χ3v) is 7.12. The molecule has 0 unspecified atom stereocenters. The van der Waals surface area contributed by atoms with Crippen molar-refractivity contribution >= 4 is 27.5 Å². The summed E-state index contributed by atoms with van der Waals surface area (Å²) in [5, 5.41) is 4.61. The molecule has 0 bridgehead atoms. The van der Waals surface area contributed by atoms with Crippen LogP contribution in [-0.4, -0.2) is 47.7 Å². The van der Waals surface area contributed by atoms with Crippen LogP contribution < -0.4 is 4.72 Å². The molecule has 33 heavy (non-hydrogen) atoms. The molecule has 1 fully saturated rings. The molecule has 176 valence electrons. The first-order chi connectivity index (χ1) is 15.6. The predicted molar refractivity (Wildman–Crippen MR) is 127 cm³/mol.